The first-order valence-corrected chi connectivity index (χ1v) is 8.27. The van der Waals surface area contributed by atoms with Crippen molar-refractivity contribution < 1.29 is 13.9 Å². The maximum Gasteiger partial charge on any atom is 0.310 e. The third kappa shape index (κ3) is 2.82. The number of rotatable bonds is 4. The molecule has 5 nitrogen and oxygen atoms in total. The molecule has 26 heavy (non-hydrogen) atoms. The topological polar surface area (TPSA) is 67.6 Å². The Labute approximate surface area is 150 Å². The second-order valence-electron chi connectivity index (χ2n) is 6.23. The second kappa shape index (κ2) is 6.41. The zero-order valence-corrected chi connectivity index (χ0v) is 14.2. The third-order valence-electron chi connectivity index (χ3n) is 4.41. The van der Waals surface area contributed by atoms with Gasteiger partial charge in [0.1, 0.15) is 18.3 Å². The molecule has 0 aliphatic carbocycles. The van der Waals surface area contributed by atoms with Gasteiger partial charge in [0.05, 0.1) is 23.8 Å². The summed E-state index contributed by atoms with van der Waals surface area (Å²) in [5.41, 5.74) is 4.69. The number of nitriles is 1. The van der Waals surface area contributed by atoms with Crippen molar-refractivity contribution in [2.75, 3.05) is 0 Å². The highest BCUT2D eigenvalue weighted by atomic mass is 16.5. The van der Waals surface area contributed by atoms with Gasteiger partial charge in [-0.05, 0) is 30.7 Å². The molecular formula is C21H16N2O3. The van der Waals surface area contributed by atoms with E-state index in [2.05, 4.69) is 6.07 Å². The fourth-order valence-corrected chi connectivity index (χ4v) is 3.11. The van der Waals surface area contributed by atoms with E-state index in [4.69, 9.17) is 9.15 Å². The molecule has 0 atom stereocenters. The highest BCUT2D eigenvalue weighted by molar-refractivity contribution is 5.86. The van der Waals surface area contributed by atoms with Crippen LogP contribution in [-0.2, 0) is 22.6 Å². The van der Waals surface area contributed by atoms with Crippen molar-refractivity contribution in [3.05, 3.63) is 77.3 Å². The average Bonchev–Trinajstić information content (AvgIpc) is 3.20. The molecule has 0 amide bonds. The molecule has 3 aromatic heterocycles. The van der Waals surface area contributed by atoms with E-state index >= 15 is 0 Å². The van der Waals surface area contributed by atoms with Crippen LogP contribution in [0.15, 0.2) is 59.5 Å². The van der Waals surface area contributed by atoms with Crippen LogP contribution in [0.4, 0.5) is 0 Å². The zero-order valence-electron chi connectivity index (χ0n) is 14.2. The van der Waals surface area contributed by atoms with Crippen LogP contribution in [-0.4, -0.2) is 10.4 Å². The number of aryl methyl sites for hydroxylation is 1. The minimum absolute atomic E-state index is 0.0678. The number of carbonyl (C=O) groups is 1. The monoisotopic (exact) mass is 344 g/mol. The Morgan fingerprint density at radius 2 is 2.15 bits per heavy atom. The van der Waals surface area contributed by atoms with Gasteiger partial charge in [-0.2, -0.15) is 5.26 Å². The van der Waals surface area contributed by atoms with Gasteiger partial charge in [-0.1, -0.05) is 18.2 Å². The Balaban J connectivity index is 1.50. The largest absolute Gasteiger partial charge is 0.464 e. The van der Waals surface area contributed by atoms with Gasteiger partial charge in [-0.15, -0.1) is 0 Å². The number of nitrogens with zero attached hydrogens (tertiary/aromatic N) is 2. The van der Waals surface area contributed by atoms with Gasteiger partial charge < -0.3 is 13.6 Å². The maximum absolute atomic E-state index is 12.3. The molecular weight excluding hydrogens is 328 g/mol. The van der Waals surface area contributed by atoms with Crippen LogP contribution in [0.3, 0.4) is 0 Å². The molecule has 0 aliphatic heterocycles. The number of benzene rings is 1. The molecule has 0 spiro atoms. The molecule has 0 fully saturated rings. The van der Waals surface area contributed by atoms with E-state index in [-0.39, 0.29) is 19.0 Å². The van der Waals surface area contributed by atoms with Gasteiger partial charge in [0, 0.05) is 28.9 Å². The van der Waals surface area contributed by atoms with Gasteiger partial charge >= 0.3 is 5.97 Å². The number of furan rings is 1. The first-order chi connectivity index (χ1) is 12.7. The maximum atomic E-state index is 12.3. The van der Waals surface area contributed by atoms with Gasteiger partial charge in [-0.25, -0.2) is 0 Å². The van der Waals surface area contributed by atoms with Crippen LogP contribution < -0.4 is 0 Å². The number of pyridine rings is 1. The quantitative estimate of drug-likeness (QED) is 0.522. The number of hydrogen-bond donors (Lipinski definition) is 0. The Bertz CT molecular complexity index is 1160. The van der Waals surface area contributed by atoms with Gasteiger partial charge in [0.15, 0.2) is 0 Å². The van der Waals surface area contributed by atoms with E-state index < -0.39 is 0 Å². The van der Waals surface area contributed by atoms with Crippen molar-refractivity contribution >= 4 is 22.5 Å². The lowest BCUT2D eigenvalue weighted by Crippen LogP contribution is -2.08. The number of aromatic nitrogens is 1. The van der Waals surface area contributed by atoms with Crippen molar-refractivity contribution in [2.24, 2.45) is 0 Å². The summed E-state index contributed by atoms with van der Waals surface area (Å²) in [6.45, 7) is 2.06. The first-order valence-electron chi connectivity index (χ1n) is 8.27. The van der Waals surface area contributed by atoms with Crippen LogP contribution >= 0.6 is 0 Å². The number of ether oxygens (including phenoxy) is 1. The molecule has 0 N–H and O–H groups in total. The minimum atomic E-state index is -0.354. The number of hydrogen-bond acceptors (Lipinski definition) is 4. The first kappa shape index (κ1) is 16.0. The van der Waals surface area contributed by atoms with Crippen molar-refractivity contribution in [1.29, 1.82) is 5.26 Å². The van der Waals surface area contributed by atoms with Crippen molar-refractivity contribution in [1.82, 2.24) is 4.40 Å². The summed E-state index contributed by atoms with van der Waals surface area (Å²) in [7, 11) is 0. The molecule has 4 aromatic rings. The fraction of sp³-hybridized carbons (Fsp3) is 0.143. The number of carbonyl (C=O) groups excluding carboxylic acids is 1. The summed E-state index contributed by atoms with van der Waals surface area (Å²) >= 11 is 0. The molecule has 0 saturated heterocycles. The lowest BCUT2D eigenvalue weighted by molar-refractivity contribution is -0.144. The van der Waals surface area contributed by atoms with Crippen molar-refractivity contribution in [3.8, 4) is 6.07 Å². The predicted molar refractivity (Wildman–Crippen MR) is 96.6 cm³/mol. The van der Waals surface area contributed by atoms with Crippen LogP contribution in [0.1, 0.15) is 22.3 Å². The van der Waals surface area contributed by atoms with E-state index in [1.54, 1.807) is 6.26 Å². The van der Waals surface area contributed by atoms with E-state index in [1.807, 2.05) is 60.1 Å². The number of fused-ring (bicyclic) bond motifs is 2. The lowest BCUT2D eigenvalue weighted by atomic mass is 10.1. The lowest BCUT2D eigenvalue weighted by Gasteiger charge is -2.03. The third-order valence-corrected chi connectivity index (χ3v) is 4.41. The smallest absolute Gasteiger partial charge is 0.310 e. The summed E-state index contributed by atoms with van der Waals surface area (Å²) in [5.74, 6) is -0.354. The zero-order chi connectivity index (χ0) is 18.1. The molecule has 128 valence electrons. The molecule has 3 heterocycles. The van der Waals surface area contributed by atoms with Gasteiger partial charge in [-0.3, -0.25) is 4.79 Å². The van der Waals surface area contributed by atoms with E-state index in [9.17, 15) is 10.1 Å². The summed E-state index contributed by atoms with van der Waals surface area (Å²) in [6, 6.07) is 13.7. The Morgan fingerprint density at radius 1 is 1.27 bits per heavy atom. The van der Waals surface area contributed by atoms with Crippen molar-refractivity contribution in [2.45, 2.75) is 20.0 Å². The van der Waals surface area contributed by atoms with Crippen molar-refractivity contribution in [3.63, 3.8) is 0 Å². The molecule has 4 rings (SSSR count). The molecule has 0 radical (unpaired) electrons. The van der Waals surface area contributed by atoms with Crippen LogP contribution in [0.2, 0.25) is 0 Å². The molecule has 0 aliphatic rings. The molecule has 0 bridgehead atoms. The Kier molecular flexibility index (Phi) is 3.94. The van der Waals surface area contributed by atoms with Crippen LogP contribution in [0.25, 0.3) is 16.5 Å². The summed E-state index contributed by atoms with van der Waals surface area (Å²) < 4.78 is 12.8. The molecule has 1 aromatic carbocycles. The standard InChI is InChI=1S/C21H16N2O3/c1-14-5-6-17-15(12-25-20(17)8-14)9-21(24)26-13-16-11-23-7-3-2-4-19(23)18(16)10-22/h2-8,11-12H,9,13H2,1H3. The Morgan fingerprint density at radius 3 is 3.00 bits per heavy atom. The van der Waals surface area contributed by atoms with E-state index in [0.29, 0.717) is 11.1 Å². The summed E-state index contributed by atoms with van der Waals surface area (Å²) in [5, 5.41) is 10.3. The SMILES string of the molecule is Cc1ccc2c(CC(=O)OCc3cn4ccccc4c3C#N)coc2c1. The van der Waals surface area contributed by atoms with Gasteiger partial charge in [0.2, 0.25) is 0 Å². The van der Waals surface area contributed by atoms with E-state index in [0.717, 1.165) is 27.6 Å². The average molecular weight is 344 g/mol. The summed E-state index contributed by atoms with van der Waals surface area (Å²) in [4.78, 5) is 12.3. The highest BCUT2D eigenvalue weighted by Crippen LogP contribution is 2.23. The predicted octanol–water partition coefficient (Wildman–Crippen LogP) is 4.15. The normalized spacial score (nSPS) is 10.9. The molecule has 5 heteroatoms. The minimum Gasteiger partial charge on any atom is -0.464 e. The number of esters is 1. The fourth-order valence-electron chi connectivity index (χ4n) is 3.11. The second-order valence-corrected chi connectivity index (χ2v) is 6.23. The van der Waals surface area contributed by atoms with Gasteiger partial charge in [0.25, 0.3) is 0 Å². The van der Waals surface area contributed by atoms with E-state index in [1.165, 1.54) is 0 Å². The van der Waals surface area contributed by atoms with Crippen LogP contribution in [0, 0.1) is 18.3 Å². The Hall–Kier alpha value is -3.52. The molecule has 0 saturated carbocycles. The highest BCUT2D eigenvalue weighted by Gasteiger charge is 2.14. The molecule has 0 unspecified atom stereocenters. The summed E-state index contributed by atoms with van der Waals surface area (Å²) in [6.07, 6.45) is 5.41. The van der Waals surface area contributed by atoms with Crippen LogP contribution in [0.5, 0.6) is 0 Å².